The normalized spacial score (nSPS) is 12.3. The molecule has 6 heterocycles. The molecule has 184 valence electrons. The maximum Gasteiger partial charge on any atom is 0.169 e. The quantitative estimate of drug-likeness (QED) is 0.162. The molecule has 0 bridgehead atoms. The molecule has 9 nitrogen and oxygen atoms in total. The van der Waals surface area contributed by atoms with Crippen LogP contribution in [0.1, 0.15) is 29.9 Å². The van der Waals surface area contributed by atoms with E-state index in [0.717, 1.165) is 60.7 Å². The van der Waals surface area contributed by atoms with Crippen LogP contribution in [0.5, 0.6) is 0 Å². The summed E-state index contributed by atoms with van der Waals surface area (Å²) < 4.78 is 0. The maximum atomic E-state index is 11.8. The van der Waals surface area contributed by atoms with Gasteiger partial charge in [-0.1, -0.05) is 6.92 Å². The van der Waals surface area contributed by atoms with Gasteiger partial charge in [-0.05, 0) is 49.7 Å². The van der Waals surface area contributed by atoms with Crippen molar-refractivity contribution < 1.29 is 9.90 Å². The van der Waals surface area contributed by atoms with Gasteiger partial charge in [-0.3, -0.25) is 24.8 Å². The Labute approximate surface area is 215 Å². The number of fused-ring (bicyclic) bond motifs is 2. The van der Waals surface area contributed by atoms with Gasteiger partial charge in [0.15, 0.2) is 5.78 Å². The number of aliphatic hydroxyl groups is 1. The summed E-state index contributed by atoms with van der Waals surface area (Å²) in [5.74, 6) is 0.0450. The van der Waals surface area contributed by atoms with E-state index in [4.69, 9.17) is 0 Å². The molecule has 0 aliphatic rings. The SMILES string of the molecule is CCC(O)Nc1cncc(-c2cc3c(-c4cc5c(-c6ccc(C(C)=O)s6)nccc5[nH]4)n[nH]c3cn2)c1. The number of Topliss-reactive ketones (excluding diaryl/α,β-unsaturated/α-hetero) is 1. The molecule has 6 rings (SSSR count). The molecule has 10 heteroatoms. The number of aromatic nitrogens is 6. The van der Waals surface area contributed by atoms with Crippen LogP contribution >= 0.6 is 11.3 Å². The van der Waals surface area contributed by atoms with Gasteiger partial charge < -0.3 is 15.4 Å². The lowest BCUT2D eigenvalue weighted by Crippen LogP contribution is -2.16. The van der Waals surface area contributed by atoms with Crippen LogP contribution in [0.3, 0.4) is 0 Å². The van der Waals surface area contributed by atoms with E-state index in [-0.39, 0.29) is 5.78 Å². The number of aliphatic hydroxyl groups excluding tert-OH is 1. The van der Waals surface area contributed by atoms with Crippen LogP contribution in [0, 0.1) is 0 Å². The highest BCUT2D eigenvalue weighted by Crippen LogP contribution is 2.36. The largest absolute Gasteiger partial charge is 0.374 e. The van der Waals surface area contributed by atoms with Crippen molar-refractivity contribution in [2.45, 2.75) is 26.5 Å². The molecule has 0 saturated carbocycles. The predicted octanol–water partition coefficient (Wildman–Crippen LogP) is 5.63. The topological polar surface area (TPSA) is 132 Å². The Balaban J connectivity index is 1.41. The summed E-state index contributed by atoms with van der Waals surface area (Å²) in [6.45, 7) is 3.47. The maximum absolute atomic E-state index is 11.8. The first kappa shape index (κ1) is 23.0. The summed E-state index contributed by atoms with van der Waals surface area (Å²) in [6.07, 6.45) is 6.88. The Morgan fingerprint density at radius 1 is 1.05 bits per heavy atom. The van der Waals surface area contributed by atoms with Crippen molar-refractivity contribution in [3.8, 4) is 33.2 Å². The van der Waals surface area contributed by atoms with Gasteiger partial charge >= 0.3 is 0 Å². The molecule has 0 amide bonds. The number of nitrogens with one attached hydrogen (secondary N) is 3. The number of carbonyl (C=O) groups excluding carboxylic acids is 1. The second-order valence-electron chi connectivity index (χ2n) is 8.74. The van der Waals surface area contributed by atoms with Gasteiger partial charge in [-0.2, -0.15) is 5.10 Å². The van der Waals surface area contributed by atoms with E-state index in [1.54, 1.807) is 31.7 Å². The summed E-state index contributed by atoms with van der Waals surface area (Å²) in [5, 5.41) is 22.5. The predicted molar refractivity (Wildman–Crippen MR) is 145 cm³/mol. The smallest absolute Gasteiger partial charge is 0.169 e. The van der Waals surface area contributed by atoms with Crippen molar-refractivity contribution in [2.24, 2.45) is 0 Å². The first-order valence-electron chi connectivity index (χ1n) is 11.8. The van der Waals surface area contributed by atoms with Crippen LogP contribution in [0.25, 0.3) is 55.0 Å². The highest BCUT2D eigenvalue weighted by Gasteiger charge is 2.17. The fourth-order valence-corrected chi connectivity index (χ4v) is 5.18. The summed E-state index contributed by atoms with van der Waals surface area (Å²) in [4.78, 5) is 30.4. The van der Waals surface area contributed by atoms with E-state index in [9.17, 15) is 9.90 Å². The third kappa shape index (κ3) is 4.26. The fraction of sp³-hybridized carbons (Fsp3) is 0.148. The van der Waals surface area contributed by atoms with Crippen LogP contribution in [-0.2, 0) is 0 Å². The Bertz CT molecular complexity index is 1770. The van der Waals surface area contributed by atoms with Crippen molar-refractivity contribution in [3.05, 3.63) is 66.1 Å². The molecule has 0 radical (unpaired) electrons. The zero-order chi connectivity index (χ0) is 25.5. The van der Waals surface area contributed by atoms with Crippen molar-refractivity contribution >= 4 is 44.6 Å². The molecule has 0 aromatic carbocycles. The fourth-order valence-electron chi connectivity index (χ4n) is 4.27. The summed E-state index contributed by atoms with van der Waals surface area (Å²) in [6, 6.07) is 11.6. The van der Waals surface area contributed by atoms with Crippen molar-refractivity contribution in [2.75, 3.05) is 5.32 Å². The van der Waals surface area contributed by atoms with Gasteiger partial charge in [0, 0.05) is 34.2 Å². The molecule has 6 aromatic rings. The third-order valence-corrected chi connectivity index (χ3v) is 7.38. The molecule has 37 heavy (non-hydrogen) atoms. The minimum Gasteiger partial charge on any atom is -0.374 e. The average molecular weight is 510 g/mol. The van der Waals surface area contributed by atoms with Gasteiger partial charge in [0.05, 0.1) is 50.4 Å². The van der Waals surface area contributed by atoms with Gasteiger partial charge in [0.2, 0.25) is 0 Å². The average Bonchev–Trinajstić information content (AvgIpc) is 3.66. The zero-order valence-electron chi connectivity index (χ0n) is 20.1. The molecule has 0 fully saturated rings. The number of pyridine rings is 3. The molecule has 0 spiro atoms. The monoisotopic (exact) mass is 509 g/mol. The number of ketones is 1. The number of hydrogen-bond donors (Lipinski definition) is 4. The van der Waals surface area contributed by atoms with Crippen molar-refractivity contribution in [1.82, 2.24) is 30.1 Å². The Morgan fingerprint density at radius 3 is 2.73 bits per heavy atom. The zero-order valence-corrected chi connectivity index (χ0v) is 20.9. The van der Waals surface area contributed by atoms with E-state index in [2.05, 4.69) is 35.5 Å². The second kappa shape index (κ2) is 9.23. The van der Waals surface area contributed by atoms with E-state index in [1.165, 1.54) is 11.3 Å². The number of hydrogen-bond acceptors (Lipinski definition) is 8. The number of thiophene rings is 1. The van der Waals surface area contributed by atoms with Crippen LogP contribution in [0.2, 0.25) is 0 Å². The Morgan fingerprint density at radius 2 is 1.92 bits per heavy atom. The first-order chi connectivity index (χ1) is 18.0. The highest BCUT2D eigenvalue weighted by molar-refractivity contribution is 7.17. The minimum atomic E-state index is -0.641. The number of anilines is 1. The van der Waals surface area contributed by atoms with Gasteiger partial charge in [0.1, 0.15) is 11.9 Å². The number of nitrogens with zero attached hydrogens (tertiary/aromatic N) is 4. The lowest BCUT2D eigenvalue weighted by atomic mass is 10.1. The van der Waals surface area contributed by atoms with E-state index < -0.39 is 6.23 Å². The van der Waals surface area contributed by atoms with Crippen molar-refractivity contribution in [3.63, 3.8) is 0 Å². The van der Waals surface area contributed by atoms with Gasteiger partial charge in [-0.15, -0.1) is 11.3 Å². The van der Waals surface area contributed by atoms with E-state index >= 15 is 0 Å². The molecule has 4 N–H and O–H groups in total. The number of H-pyrrole nitrogens is 2. The summed E-state index contributed by atoms with van der Waals surface area (Å²) >= 11 is 1.44. The molecule has 0 aliphatic carbocycles. The number of carbonyl (C=O) groups is 1. The van der Waals surface area contributed by atoms with Crippen LogP contribution in [0.4, 0.5) is 5.69 Å². The van der Waals surface area contributed by atoms with Crippen LogP contribution in [-0.4, -0.2) is 47.3 Å². The van der Waals surface area contributed by atoms with E-state index in [1.807, 2.05) is 43.3 Å². The molecule has 0 saturated heterocycles. The van der Waals surface area contributed by atoms with Gasteiger partial charge in [0.25, 0.3) is 0 Å². The first-order valence-corrected chi connectivity index (χ1v) is 12.6. The van der Waals surface area contributed by atoms with Gasteiger partial charge in [-0.25, -0.2) is 0 Å². The van der Waals surface area contributed by atoms with Crippen molar-refractivity contribution in [1.29, 1.82) is 0 Å². The number of rotatable bonds is 7. The van der Waals surface area contributed by atoms with Crippen LogP contribution < -0.4 is 5.32 Å². The molecule has 0 aliphatic heterocycles. The molecule has 1 atom stereocenters. The molecular weight excluding hydrogens is 486 g/mol. The summed E-state index contributed by atoms with van der Waals surface area (Å²) in [7, 11) is 0. The lowest BCUT2D eigenvalue weighted by Gasteiger charge is -2.12. The second-order valence-corrected chi connectivity index (χ2v) is 9.83. The standard InChI is InChI=1S/C27H23N7O2S/c1-3-25(36)31-16-8-15(11-28-12-16)20-9-18-22(13-30-20)33-34-26(18)21-10-17-19(32-21)6-7-29-27(17)24-5-4-23(37-24)14(2)35/h4-13,25,31-32,36H,3H2,1-2H3,(H,33,34). The third-order valence-electron chi connectivity index (χ3n) is 6.19. The summed E-state index contributed by atoms with van der Waals surface area (Å²) in [5.41, 5.74) is 6.46. The highest BCUT2D eigenvalue weighted by atomic mass is 32.1. The van der Waals surface area contributed by atoms with E-state index in [0.29, 0.717) is 11.3 Å². The number of aromatic amines is 2. The Kier molecular flexibility index (Phi) is 5.74. The minimum absolute atomic E-state index is 0.0450. The lowest BCUT2D eigenvalue weighted by molar-refractivity contribution is 0.102. The molecule has 6 aromatic heterocycles. The Hall–Kier alpha value is -4.41. The molecule has 1 unspecified atom stereocenters. The van der Waals surface area contributed by atoms with Crippen LogP contribution in [0.15, 0.2) is 61.2 Å². The molecular formula is C27H23N7O2S.